The van der Waals surface area contributed by atoms with Crippen molar-refractivity contribution < 1.29 is 9.53 Å². The summed E-state index contributed by atoms with van der Waals surface area (Å²) in [7, 11) is 0. The van der Waals surface area contributed by atoms with Gasteiger partial charge in [-0.05, 0) is 48.7 Å². The molecule has 0 radical (unpaired) electrons. The van der Waals surface area contributed by atoms with Gasteiger partial charge in [-0.2, -0.15) is 0 Å². The van der Waals surface area contributed by atoms with Gasteiger partial charge in [0.15, 0.2) is 0 Å². The third kappa shape index (κ3) is 3.81. The molecule has 2 aromatic carbocycles. The number of carbonyl (C=O) groups excluding carboxylic acids is 1. The number of esters is 1. The summed E-state index contributed by atoms with van der Waals surface area (Å²) in [5.41, 5.74) is 3.26. The molecule has 0 amide bonds. The first kappa shape index (κ1) is 13.1. The quantitative estimate of drug-likeness (QED) is 0.470. The Labute approximate surface area is 113 Å². The minimum Gasteiger partial charge on any atom is -0.423 e. The van der Waals surface area contributed by atoms with Crippen molar-refractivity contribution in [1.29, 1.82) is 0 Å². The Morgan fingerprint density at radius 1 is 1.00 bits per heavy atom. The number of aryl methyl sites for hydroxylation is 2. The Morgan fingerprint density at radius 2 is 1.74 bits per heavy atom. The standard InChI is InChI=1S/C17H16O2/c1-13-8-10-16(12-14(13)2)19-17(18)11-9-15-6-4-3-5-7-15/h3-12H,1-2H3. The molecule has 0 fully saturated rings. The van der Waals surface area contributed by atoms with Crippen molar-refractivity contribution in [2.24, 2.45) is 0 Å². The zero-order valence-electron chi connectivity index (χ0n) is 11.1. The van der Waals surface area contributed by atoms with Crippen molar-refractivity contribution in [2.75, 3.05) is 0 Å². The van der Waals surface area contributed by atoms with Gasteiger partial charge < -0.3 is 4.74 Å². The monoisotopic (exact) mass is 252 g/mol. The highest BCUT2D eigenvalue weighted by Crippen LogP contribution is 2.16. The highest BCUT2D eigenvalue weighted by atomic mass is 16.5. The summed E-state index contributed by atoms with van der Waals surface area (Å²) < 4.78 is 5.25. The minimum atomic E-state index is -0.368. The summed E-state index contributed by atoms with van der Waals surface area (Å²) in [5.74, 6) is 0.206. The van der Waals surface area contributed by atoms with Gasteiger partial charge in [0.2, 0.25) is 0 Å². The van der Waals surface area contributed by atoms with Crippen LogP contribution in [0.3, 0.4) is 0 Å². The van der Waals surface area contributed by atoms with Gasteiger partial charge in [-0.1, -0.05) is 36.4 Å². The number of ether oxygens (including phenoxy) is 1. The summed E-state index contributed by atoms with van der Waals surface area (Å²) in [6, 6.07) is 15.3. The molecular weight excluding hydrogens is 236 g/mol. The van der Waals surface area contributed by atoms with Crippen LogP contribution in [0.1, 0.15) is 16.7 Å². The lowest BCUT2D eigenvalue weighted by molar-refractivity contribution is -0.128. The van der Waals surface area contributed by atoms with Gasteiger partial charge in [-0.25, -0.2) is 4.79 Å². The van der Waals surface area contributed by atoms with Crippen LogP contribution in [0.15, 0.2) is 54.6 Å². The first-order chi connectivity index (χ1) is 9.15. The Kier molecular flexibility index (Phi) is 4.14. The summed E-state index contributed by atoms with van der Waals surface area (Å²) >= 11 is 0. The zero-order valence-corrected chi connectivity index (χ0v) is 11.1. The van der Waals surface area contributed by atoms with Gasteiger partial charge in [0.1, 0.15) is 5.75 Å². The average Bonchev–Trinajstić information content (AvgIpc) is 2.42. The van der Waals surface area contributed by atoms with Crippen LogP contribution in [-0.4, -0.2) is 5.97 Å². The predicted octanol–water partition coefficient (Wildman–Crippen LogP) is 3.92. The fraction of sp³-hybridized carbons (Fsp3) is 0.118. The van der Waals surface area contributed by atoms with E-state index < -0.39 is 0 Å². The Morgan fingerprint density at radius 3 is 2.42 bits per heavy atom. The first-order valence-corrected chi connectivity index (χ1v) is 6.17. The SMILES string of the molecule is Cc1ccc(OC(=O)C=Cc2ccccc2)cc1C. The normalized spacial score (nSPS) is 10.6. The number of rotatable bonds is 3. The molecule has 2 rings (SSSR count). The second kappa shape index (κ2) is 6.01. The van der Waals surface area contributed by atoms with Crippen LogP contribution in [0, 0.1) is 13.8 Å². The van der Waals surface area contributed by atoms with E-state index in [1.165, 1.54) is 11.6 Å². The zero-order chi connectivity index (χ0) is 13.7. The minimum absolute atomic E-state index is 0.368. The van der Waals surface area contributed by atoms with Crippen LogP contribution in [-0.2, 0) is 4.79 Å². The Bertz CT molecular complexity index is 598. The molecule has 0 aliphatic carbocycles. The number of carbonyl (C=O) groups is 1. The Balaban J connectivity index is 2.01. The second-order valence-electron chi connectivity index (χ2n) is 4.41. The summed E-state index contributed by atoms with van der Waals surface area (Å²) in [6.07, 6.45) is 3.17. The number of benzene rings is 2. The van der Waals surface area contributed by atoms with Crippen LogP contribution in [0.5, 0.6) is 5.75 Å². The van der Waals surface area contributed by atoms with Gasteiger partial charge in [0.05, 0.1) is 0 Å². The molecule has 0 bridgehead atoms. The van der Waals surface area contributed by atoms with Crippen molar-refractivity contribution in [3.05, 3.63) is 71.3 Å². The molecule has 0 atom stereocenters. The molecule has 0 saturated carbocycles. The van der Waals surface area contributed by atoms with Gasteiger partial charge in [-0.3, -0.25) is 0 Å². The average molecular weight is 252 g/mol. The fourth-order valence-corrected chi connectivity index (χ4v) is 1.66. The molecule has 0 aromatic heterocycles. The van der Waals surface area contributed by atoms with Gasteiger partial charge in [-0.15, -0.1) is 0 Å². The second-order valence-corrected chi connectivity index (χ2v) is 4.41. The molecule has 0 saturated heterocycles. The molecule has 0 aliphatic heterocycles. The van der Waals surface area contributed by atoms with Crippen LogP contribution in [0.4, 0.5) is 0 Å². The van der Waals surface area contributed by atoms with Crippen molar-refractivity contribution in [3.8, 4) is 5.75 Å². The Hall–Kier alpha value is -2.35. The summed E-state index contributed by atoms with van der Waals surface area (Å²) in [6.45, 7) is 4.02. The molecule has 2 heteroatoms. The molecule has 0 unspecified atom stereocenters. The van der Waals surface area contributed by atoms with Crippen molar-refractivity contribution in [2.45, 2.75) is 13.8 Å². The van der Waals surface area contributed by atoms with Gasteiger partial charge in [0.25, 0.3) is 0 Å². The van der Waals surface area contributed by atoms with E-state index >= 15 is 0 Å². The van der Waals surface area contributed by atoms with Crippen LogP contribution in [0.2, 0.25) is 0 Å². The van der Waals surface area contributed by atoms with Crippen LogP contribution >= 0.6 is 0 Å². The van der Waals surface area contributed by atoms with E-state index in [4.69, 9.17) is 4.74 Å². The molecule has 0 spiro atoms. The molecule has 2 aromatic rings. The lowest BCUT2D eigenvalue weighted by Crippen LogP contribution is -2.03. The maximum absolute atomic E-state index is 11.7. The topological polar surface area (TPSA) is 26.3 Å². The molecule has 0 N–H and O–H groups in total. The third-order valence-electron chi connectivity index (χ3n) is 2.91. The van der Waals surface area contributed by atoms with E-state index in [0.29, 0.717) is 5.75 Å². The van der Waals surface area contributed by atoms with Crippen LogP contribution in [0.25, 0.3) is 6.08 Å². The van der Waals surface area contributed by atoms with Gasteiger partial charge in [0, 0.05) is 6.08 Å². The summed E-state index contributed by atoms with van der Waals surface area (Å²) in [5, 5.41) is 0. The molecular formula is C17H16O2. The predicted molar refractivity (Wildman–Crippen MR) is 77.0 cm³/mol. The number of hydrogen-bond acceptors (Lipinski definition) is 2. The maximum Gasteiger partial charge on any atom is 0.336 e. The van der Waals surface area contributed by atoms with E-state index in [1.807, 2.05) is 56.3 Å². The van der Waals surface area contributed by atoms with Crippen molar-refractivity contribution >= 4 is 12.0 Å². The molecule has 0 aliphatic rings. The van der Waals surface area contributed by atoms with Gasteiger partial charge >= 0.3 is 5.97 Å². The van der Waals surface area contributed by atoms with Crippen LogP contribution < -0.4 is 4.74 Å². The van der Waals surface area contributed by atoms with Crippen molar-refractivity contribution in [3.63, 3.8) is 0 Å². The van der Waals surface area contributed by atoms with E-state index in [1.54, 1.807) is 12.1 Å². The van der Waals surface area contributed by atoms with Crippen molar-refractivity contribution in [1.82, 2.24) is 0 Å². The third-order valence-corrected chi connectivity index (χ3v) is 2.91. The lowest BCUT2D eigenvalue weighted by Gasteiger charge is -2.04. The highest BCUT2D eigenvalue weighted by Gasteiger charge is 2.01. The summed E-state index contributed by atoms with van der Waals surface area (Å²) in [4.78, 5) is 11.7. The largest absolute Gasteiger partial charge is 0.423 e. The maximum atomic E-state index is 11.7. The molecule has 2 nitrogen and oxygen atoms in total. The molecule has 0 heterocycles. The van der Waals surface area contributed by atoms with E-state index in [2.05, 4.69) is 0 Å². The fourth-order valence-electron chi connectivity index (χ4n) is 1.66. The first-order valence-electron chi connectivity index (χ1n) is 6.17. The smallest absolute Gasteiger partial charge is 0.336 e. The molecule has 19 heavy (non-hydrogen) atoms. The molecule has 96 valence electrons. The van der Waals surface area contributed by atoms with E-state index in [-0.39, 0.29) is 5.97 Å². The highest BCUT2D eigenvalue weighted by molar-refractivity contribution is 5.88. The van der Waals surface area contributed by atoms with E-state index in [9.17, 15) is 4.79 Å². The lowest BCUT2D eigenvalue weighted by atomic mass is 10.1. The van der Waals surface area contributed by atoms with E-state index in [0.717, 1.165) is 11.1 Å². The number of hydrogen-bond donors (Lipinski definition) is 0.